The molecule has 5 heteroatoms. The van der Waals surface area contributed by atoms with Crippen molar-refractivity contribution in [2.24, 2.45) is 0 Å². The number of unbranched alkanes of at least 4 members (excludes halogenated alkanes) is 3. The van der Waals surface area contributed by atoms with E-state index in [1.165, 1.54) is 0 Å². The molecule has 1 aromatic rings. The topological polar surface area (TPSA) is 74.7 Å². The molecule has 1 N–H and O–H groups in total. The summed E-state index contributed by atoms with van der Waals surface area (Å²) in [6.07, 6.45) is 7.85. The molecule has 0 spiro atoms. The van der Waals surface area contributed by atoms with Crippen LogP contribution in [-0.2, 0) is 20.8 Å². The Morgan fingerprint density at radius 2 is 1.78 bits per heavy atom. The van der Waals surface area contributed by atoms with Gasteiger partial charge in [0.15, 0.2) is 0 Å². The van der Waals surface area contributed by atoms with E-state index in [4.69, 9.17) is 5.11 Å². The second-order valence-electron chi connectivity index (χ2n) is 7.43. The van der Waals surface area contributed by atoms with Crippen molar-refractivity contribution in [3.05, 3.63) is 35.9 Å². The van der Waals surface area contributed by atoms with Gasteiger partial charge in [-0.25, -0.2) is 0 Å². The van der Waals surface area contributed by atoms with Crippen molar-refractivity contribution in [1.29, 1.82) is 0 Å². The fourth-order valence-corrected chi connectivity index (χ4v) is 3.75. The van der Waals surface area contributed by atoms with E-state index in [-0.39, 0.29) is 24.2 Å². The summed E-state index contributed by atoms with van der Waals surface area (Å²) in [5.74, 6) is -0.318. The van der Waals surface area contributed by atoms with Crippen molar-refractivity contribution in [3.63, 3.8) is 0 Å². The van der Waals surface area contributed by atoms with Crippen molar-refractivity contribution in [3.8, 4) is 0 Å². The van der Waals surface area contributed by atoms with Crippen molar-refractivity contribution in [2.75, 3.05) is 6.54 Å². The Morgan fingerprint density at radius 3 is 2.52 bits per heavy atom. The quantitative estimate of drug-likeness (QED) is 0.562. The van der Waals surface area contributed by atoms with Crippen molar-refractivity contribution >= 4 is 17.7 Å². The van der Waals surface area contributed by atoms with Crippen molar-refractivity contribution in [1.82, 2.24) is 4.90 Å². The monoisotopic (exact) mass is 373 g/mol. The molecule has 27 heavy (non-hydrogen) atoms. The van der Waals surface area contributed by atoms with E-state index in [0.717, 1.165) is 50.6 Å². The molecular weight excluding hydrogens is 342 g/mol. The summed E-state index contributed by atoms with van der Waals surface area (Å²) in [6, 6.07) is 9.95. The first-order valence-electron chi connectivity index (χ1n) is 10.1. The van der Waals surface area contributed by atoms with E-state index in [2.05, 4.69) is 0 Å². The smallest absolute Gasteiger partial charge is 0.303 e. The molecule has 1 saturated heterocycles. The molecule has 1 atom stereocenters. The summed E-state index contributed by atoms with van der Waals surface area (Å²) in [4.78, 5) is 37.1. The molecule has 0 aliphatic carbocycles. The predicted octanol–water partition coefficient (Wildman–Crippen LogP) is 3.99. The van der Waals surface area contributed by atoms with Gasteiger partial charge in [-0.15, -0.1) is 0 Å². The van der Waals surface area contributed by atoms with E-state index in [9.17, 15) is 14.4 Å². The Kier molecular flexibility index (Phi) is 9.02. The Labute approximate surface area is 161 Å². The lowest BCUT2D eigenvalue weighted by Crippen LogP contribution is -2.44. The number of likely N-dealkylation sites (tertiary alicyclic amines) is 1. The molecule has 1 aliphatic rings. The second-order valence-corrected chi connectivity index (χ2v) is 7.43. The highest BCUT2D eigenvalue weighted by Gasteiger charge is 2.27. The third-order valence-corrected chi connectivity index (χ3v) is 5.23. The number of carboxylic acids is 1. The first-order chi connectivity index (χ1) is 13.1. The molecule has 1 aliphatic heterocycles. The van der Waals surface area contributed by atoms with E-state index < -0.39 is 5.97 Å². The summed E-state index contributed by atoms with van der Waals surface area (Å²) in [5.41, 5.74) is 1.04. The number of rotatable bonds is 12. The molecule has 1 fully saturated rings. The number of nitrogens with zero attached hydrogens (tertiary/aromatic N) is 1. The van der Waals surface area contributed by atoms with Gasteiger partial charge in [-0.2, -0.15) is 0 Å². The number of ketones is 1. The largest absolute Gasteiger partial charge is 0.481 e. The average Bonchev–Trinajstić information content (AvgIpc) is 2.65. The minimum absolute atomic E-state index is 0.171. The maximum absolute atomic E-state index is 12.3. The third kappa shape index (κ3) is 7.94. The molecule has 5 nitrogen and oxygen atoms in total. The third-order valence-electron chi connectivity index (χ3n) is 5.23. The van der Waals surface area contributed by atoms with Crippen LogP contribution in [0.4, 0.5) is 0 Å². The molecular formula is C22H31NO4. The van der Waals surface area contributed by atoms with Gasteiger partial charge in [0.05, 0.1) is 0 Å². The number of carboxylic acid groups (broad SMARTS) is 1. The Balaban J connectivity index is 1.73. The molecule has 1 heterocycles. The van der Waals surface area contributed by atoms with Crippen LogP contribution in [-0.4, -0.2) is 40.3 Å². The van der Waals surface area contributed by atoms with Gasteiger partial charge in [-0.05, 0) is 37.7 Å². The Bertz CT molecular complexity index is 614. The van der Waals surface area contributed by atoms with Crippen LogP contribution in [0.25, 0.3) is 0 Å². The van der Waals surface area contributed by atoms with Gasteiger partial charge in [0.2, 0.25) is 5.91 Å². The lowest BCUT2D eigenvalue weighted by atomic mass is 9.94. The molecule has 0 bridgehead atoms. The number of piperidine rings is 1. The van der Waals surface area contributed by atoms with E-state index in [0.29, 0.717) is 25.7 Å². The first-order valence-corrected chi connectivity index (χ1v) is 10.1. The molecule has 0 saturated carbocycles. The number of aliphatic carboxylic acids is 1. The summed E-state index contributed by atoms with van der Waals surface area (Å²) >= 11 is 0. The zero-order valence-corrected chi connectivity index (χ0v) is 16.1. The van der Waals surface area contributed by atoms with Crippen LogP contribution in [0.2, 0.25) is 0 Å². The number of benzene rings is 1. The normalized spacial score (nSPS) is 17.1. The Morgan fingerprint density at radius 1 is 1.04 bits per heavy atom. The lowest BCUT2D eigenvalue weighted by Gasteiger charge is -2.36. The molecule has 148 valence electrons. The summed E-state index contributed by atoms with van der Waals surface area (Å²) in [5, 5.41) is 8.66. The van der Waals surface area contributed by atoms with E-state index >= 15 is 0 Å². The summed E-state index contributed by atoms with van der Waals surface area (Å²) < 4.78 is 0. The maximum Gasteiger partial charge on any atom is 0.303 e. The molecule has 0 aromatic heterocycles. The molecule has 1 aromatic carbocycles. The van der Waals surface area contributed by atoms with Crippen LogP contribution >= 0.6 is 0 Å². The number of Topliss-reactive ketones (excluding diaryl/α,β-unsaturated/α-hetero) is 1. The van der Waals surface area contributed by atoms with Crippen LogP contribution in [0.5, 0.6) is 0 Å². The van der Waals surface area contributed by atoms with Gasteiger partial charge in [-0.3, -0.25) is 14.4 Å². The molecule has 0 unspecified atom stereocenters. The number of amides is 1. The van der Waals surface area contributed by atoms with Gasteiger partial charge in [0.25, 0.3) is 0 Å². The van der Waals surface area contributed by atoms with Crippen molar-refractivity contribution < 1.29 is 19.5 Å². The lowest BCUT2D eigenvalue weighted by molar-refractivity contribution is -0.137. The second kappa shape index (κ2) is 11.5. The minimum Gasteiger partial charge on any atom is -0.481 e. The summed E-state index contributed by atoms with van der Waals surface area (Å²) in [7, 11) is 0. The zero-order chi connectivity index (χ0) is 19.5. The van der Waals surface area contributed by atoms with Crippen LogP contribution < -0.4 is 0 Å². The van der Waals surface area contributed by atoms with Gasteiger partial charge in [0.1, 0.15) is 5.78 Å². The standard InChI is InChI=1S/C22H31NO4/c24-20(17-18-9-4-3-5-10-18)15-14-19-11-8-12-21(25)23(19)16-7-2-1-6-13-22(26)27/h3-5,9-10,19H,1-2,6-8,11-17H2,(H,26,27)/t19-/m1/s1. The van der Waals surface area contributed by atoms with Crippen molar-refractivity contribution in [2.45, 2.75) is 76.7 Å². The highest BCUT2D eigenvalue weighted by Crippen LogP contribution is 2.23. The van der Waals surface area contributed by atoms with Crippen LogP contribution in [0.15, 0.2) is 30.3 Å². The fraction of sp³-hybridized carbons (Fsp3) is 0.591. The number of carbonyl (C=O) groups excluding carboxylic acids is 2. The van der Waals surface area contributed by atoms with Gasteiger partial charge in [0, 0.05) is 38.3 Å². The van der Waals surface area contributed by atoms with Gasteiger partial charge < -0.3 is 10.0 Å². The minimum atomic E-state index is -0.749. The SMILES string of the molecule is O=C(O)CCCCCCN1C(=O)CCC[C@@H]1CCC(=O)Cc1ccccc1. The highest BCUT2D eigenvalue weighted by atomic mass is 16.4. The molecule has 2 rings (SSSR count). The maximum atomic E-state index is 12.3. The fourth-order valence-electron chi connectivity index (χ4n) is 3.75. The Hall–Kier alpha value is -2.17. The first kappa shape index (κ1) is 21.1. The number of hydrogen-bond donors (Lipinski definition) is 1. The van der Waals surface area contributed by atoms with E-state index in [1.54, 1.807) is 0 Å². The van der Waals surface area contributed by atoms with Crippen LogP contribution in [0.1, 0.15) is 69.8 Å². The molecule has 0 radical (unpaired) electrons. The van der Waals surface area contributed by atoms with Gasteiger partial charge in [-0.1, -0.05) is 43.2 Å². The van der Waals surface area contributed by atoms with E-state index in [1.807, 2.05) is 35.2 Å². The highest BCUT2D eigenvalue weighted by molar-refractivity contribution is 5.81. The van der Waals surface area contributed by atoms with Crippen LogP contribution in [0, 0.1) is 0 Å². The van der Waals surface area contributed by atoms with Crippen LogP contribution in [0.3, 0.4) is 0 Å². The molecule has 1 amide bonds. The summed E-state index contributed by atoms with van der Waals surface area (Å²) in [6.45, 7) is 0.726. The number of hydrogen-bond acceptors (Lipinski definition) is 3. The zero-order valence-electron chi connectivity index (χ0n) is 16.1. The predicted molar refractivity (Wildman–Crippen MR) is 104 cm³/mol. The number of carbonyl (C=O) groups is 3. The average molecular weight is 373 g/mol. The van der Waals surface area contributed by atoms with Gasteiger partial charge >= 0.3 is 5.97 Å².